The number of thiophene rings is 2. The third-order valence-corrected chi connectivity index (χ3v) is 7.70. The van der Waals surface area contributed by atoms with Crippen LogP contribution in [0.15, 0.2) is 21.4 Å². The summed E-state index contributed by atoms with van der Waals surface area (Å²) in [4.78, 5) is 43.8. The normalized spacial score (nSPS) is 12.9. The van der Waals surface area contributed by atoms with E-state index in [0.717, 1.165) is 35.0 Å². The van der Waals surface area contributed by atoms with Crippen molar-refractivity contribution in [2.75, 3.05) is 17.7 Å². The summed E-state index contributed by atoms with van der Waals surface area (Å²) in [6.07, 6.45) is 3.03. The van der Waals surface area contributed by atoms with Gasteiger partial charge in [0.05, 0.1) is 23.3 Å². The van der Waals surface area contributed by atoms with Crippen molar-refractivity contribution < 1.29 is 14.3 Å². The Morgan fingerprint density at radius 3 is 3.00 bits per heavy atom. The van der Waals surface area contributed by atoms with Crippen molar-refractivity contribution in [2.45, 2.75) is 31.3 Å². The van der Waals surface area contributed by atoms with Crippen molar-refractivity contribution in [3.63, 3.8) is 0 Å². The van der Waals surface area contributed by atoms with Crippen LogP contribution in [0.5, 0.6) is 0 Å². The Morgan fingerprint density at radius 1 is 1.38 bits per heavy atom. The van der Waals surface area contributed by atoms with E-state index in [9.17, 15) is 14.4 Å². The third kappa shape index (κ3) is 3.84. The van der Waals surface area contributed by atoms with Gasteiger partial charge < -0.3 is 10.1 Å². The summed E-state index contributed by atoms with van der Waals surface area (Å²) in [5.74, 6) is -0.653. The second-order valence-corrected chi connectivity index (χ2v) is 9.46. The van der Waals surface area contributed by atoms with Gasteiger partial charge in [0.15, 0.2) is 5.16 Å². The molecule has 3 heterocycles. The van der Waals surface area contributed by atoms with Crippen LogP contribution in [-0.2, 0) is 29.4 Å². The molecule has 3 aromatic heterocycles. The highest BCUT2D eigenvalue weighted by atomic mass is 32.2. The average molecular weight is 450 g/mol. The second-order valence-electron chi connectivity index (χ2n) is 6.52. The van der Waals surface area contributed by atoms with E-state index in [1.54, 1.807) is 36.8 Å². The molecule has 1 amide bonds. The quantitative estimate of drug-likeness (QED) is 0.352. The van der Waals surface area contributed by atoms with Crippen LogP contribution >= 0.6 is 34.4 Å². The number of aromatic nitrogens is 2. The van der Waals surface area contributed by atoms with Crippen LogP contribution in [-0.4, -0.2) is 33.8 Å². The first kappa shape index (κ1) is 20.1. The SMILES string of the molecule is CCOC(=O)c1ccsc1NC(=O)CSc1nc2sc3c(c2c(=O)n1C)CCC3. The maximum absolute atomic E-state index is 12.8. The highest BCUT2D eigenvalue weighted by Crippen LogP contribution is 2.35. The predicted octanol–water partition coefficient (Wildman–Crippen LogP) is 3.45. The maximum atomic E-state index is 12.8. The van der Waals surface area contributed by atoms with Crippen molar-refractivity contribution in [1.29, 1.82) is 0 Å². The van der Waals surface area contributed by atoms with Gasteiger partial charge >= 0.3 is 5.97 Å². The number of nitrogens with zero attached hydrogens (tertiary/aromatic N) is 2. The number of nitrogens with one attached hydrogen (secondary N) is 1. The fourth-order valence-corrected chi connectivity index (χ4v) is 6.17. The minimum Gasteiger partial charge on any atom is -0.462 e. The minimum absolute atomic E-state index is 0.0554. The van der Waals surface area contributed by atoms with E-state index in [1.165, 1.54) is 32.5 Å². The largest absolute Gasteiger partial charge is 0.462 e. The number of amides is 1. The molecule has 7 nitrogen and oxygen atoms in total. The van der Waals surface area contributed by atoms with E-state index in [0.29, 0.717) is 15.7 Å². The number of thioether (sulfide) groups is 1. The lowest BCUT2D eigenvalue weighted by molar-refractivity contribution is -0.113. The summed E-state index contributed by atoms with van der Waals surface area (Å²) in [5.41, 5.74) is 1.44. The monoisotopic (exact) mass is 449 g/mol. The predicted molar refractivity (Wildman–Crippen MR) is 117 cm³/mol. The molecule has 1 N–H and O–H groups in total. The van der Waals surface area contributed by atoms with Crippen molar-refractivity contribution >= 4 is 61.5 Å². The molecule has 0 bridgehead atoms. The van der Waals surface area contributed by atoms with Gasteiger partial charge in [-0.3, -0.25) is 14.2 Å². The molecule has 0 atom stereocenters. The minimum atomic E-state index is -0.461. The molecule has 0 radical (unpaired) electrons. The number of rotatable bonds is 6. The molecule has 10 heteroatoms. The summed E-state index contributed by atoms with van der Waals surface area (Å²) in [7, 11) is 1.69. The number of carbonyl (C=O) groups is 2. The molecule has 1 aliphatic rings. The van der Waals surface area contributed by atoms with Gasteiger partial charge in [-0.1, -0.05) is 11.8 Å². The fraction of sp³-hybridized carbons (Fsp3) is 0.368. The van der Waals surface area contributed by atoms with Crippen molar-refractivity contribution in [3.05, 3.63) is 37.8 Å². The van der Waals surface area contributed by atoms with Gasteiger partial charge in [0.2, 0.25) is 5.91 Å². The van der Waals surface area contributed by atoms with Gasteiger partial charge in [-0.25, -0.2) is 9.78 Å². The fourth-order valence-electron chi connectivity index (χ4n) is 3.30. The molecule has 0 aliphatic heterocycles. The zero-order chi connectivity index (χ0) is 20.5. The molecule has 0 fully saturated rings. The Balaban J connectivity index is 1.48. The topological polar surface area (TPSA) is 90.3 Å². The first-order chi connectivity index (χ1) is 14.0. The standard InChI is InChI=1S/C19H19N3O4S3/c1-3-26-18(25)11-7-8-27-15(11)20-13(23)9-28-19-21-16-14(17(24)22(19)2)10-5-4-6-12(10)29-16/h7-8H,3-6,9H2,1-2H3,(H,20,23). The van der Waals surface area contributed by atoms with Crippen LogP contribution in [0.2, 0.25) is 0 Å². The van der Waals surface area contributed by atoms with E-state index in [2.05, 4.69) is 10.3 Å². The lowest BCUT2D eigenvalue weighted by Gasteiger charge is -2.08. The number of anilines is 1. The molecule has 29 heavy (non-hydrogen) atoms. The van der Waals surface area contributed by atoms with Gasteiger partial charge in [-0.15, -0.1) is 22.7 Å². The molecule has 1 aliphatic carbocycles. The van der Waals surface area contributed by atoms with Gasteiger partial charge in [0.1, 0.15) is 9.83 Å². The summed E-state index contributed by atoms with van der Waals surface area (Å²) >= 11 is 4.05. The number of hydrogen-bond acceptors (Lipinski definition) is 8. The molecule has 0 unspecified atom stereocenters. The molecule has 0 aromatic carbocycles. The van der Waals surface area contributed by atoms with E-state index in [4.69, 9.17) is 4.74 Å². The number of hydrogen-bond donors (Lipinski definition) is 1. The van der Waals surface area contributed by atoms with Crippen LogP contribution in [0.3, 0.4) is 0 Å². The average Bonchev–Trinajstić information content (AvgIpc) is 3.39. The van der Waals surface area contributed by atoms with Crippen LogP contribution in [0, 0.1) is 0 Å². The Labute approximate surface area is 179 Å². The van der Waals surface area contributed by atoms with E-state index in [-0.39, 0.29) is 23.8 Å². The zero-order valence-electron chi connectivity index (χ0n) is 15.9. The first-order valence-corrected chi connectivity index (χ1v) is 11.9. The van der Waals surface area contributed by atoms with E-state index < -0.39 is 5.97 Å². The van der Waals surface area contributed by atoms with Crippen LogP contribution in [0.25, 0.3) is 10.2 Å². The lowest BCUT2D eigenvalue weighted by Crippen LogP contribution is -2.21. The number of fused-ring (bicyclic) bond motifs is 3. The molecule has 0 spiro atoms. The van der Waals surface area contributed by atoms with Crippen LogP contribution in [0.1, 0.15) is 34.1 Å². The molecule has 0 saturated carbocycles. The first-order valence-electron chi connectivity index (χ1n) is 9.18. The van der Waals surface area contributed by atoms with Crippen LogP contribution < -0.4 is 10.9 Å². The van der Waals surface area contributed by atoms with Gasteiger partial charge in [0.25, 0.3) is 5.56 Å². The summed E-state index contributed by atoms with van der Waals surface area (Å²) in [6, 6.07) is 1.63. The summed E-state index contributed by atoms with van der Waals surface area (Å²) < 4.78 is 6.51. The van der Waals surface area contributed by atoms with Crippen molar-refractivity contribution in [2.24, 2.45) is 7.05 Å². The Kier molecular flexibility index (Phi) is 5.75. The Bertz CT molecular complexity index is 1160. The Morgan fingerprint density at radius 2 is 2.21 bits per heavy atom. The highest BCUT2D eigenvalue weighted by molar-refractivity contribution is 7.99. The molecular formula is C19H19N3O4S3. The molecular weight excluding hydrogens is 430 g/mol. The number of aryl methyl sites for hydroxylation is 2. The maximum Gasteiger partial charge on any atom is 0.341 e. The van der Waals surface area contributed by atoms with E-state index >= 15 is 0 Å². The van der Waals surface area contributed by atoms with Crippen molar-refractivity contribution in [3.8, 4) is 0 Å². The molecule has 152 valence electrons. The van der Waals surface area contributed by atoms with Gasteiger partial charge in [0, 0.05) is 11.9 Å². The number of carbonyl (C=O) groups excluding carboxylic acids is 2. The molecule has 4 rings (SSSR count). The van der Waals surface area contributed by atoms with Crippen molar-refractivity contribution in [1.82, 2.24) is 9.55 Å². The Hall–Kier alpha value is -2.17. The summed E-state index contributed by atoms with van der Waals surface area (Å²) in [5, 5.41) is 6.18. The molecule has 3 aromatic rings. The van der Waals surface area contributed by atoms with Gasteiger partial charge in [-0.05, 0) is 43.2 Å². The van der Waals surface area contributed by atoms with E-state index in [1.807, 2.05) is 0 Å². The smallest absolute Gasteiger partial charge is 0.341 e. The van der Waals surface area contributed by atoms with Gasteiger partial charge in [-0.2, -0.15) is 0 Å². The second kappa shape index (κ2) is 8.29. The number of esters is 1. The molecule has 0 saturated heterocycles. The lowest BCUT2D eigenvalue weighted by atomic mass is 10.2. The van der Waals surface area contributed by atoms with Crippen LogP contribution in [0.4, 0.5) is 5.00 Å². The zero-order valence-corrected chi connectivity index (χ0v) is 18.4. The highest BCUT2D eigenvalue weighted by Gasteiger charge is 2.23. The summed E-state index contributed by atoms with van der Waals surface area (Å²) in [6.45, 7) is 2.00. The number of ether oxygens (including phenoxy) is 1. The third-order valence-electron chi connectivity index (χ3n) is 4.65.